The van der Waals surface area contributed by atoms with Crippen molar-refractivity contribution >= 4 is 0 Å². The minimum absolute atomic E-state index is 0.202. The molecule has 3 rings (SSSR count). The van der Waals surface area contributed by atoms with Crippen molar-refractivity contribution in [3.63, 3.8) is 0 Å². The van der Waals surface area contributed by atoms with Crippen LogP contribution < -0.4 is 10.5 Å². The van der Waals surface area contributed by atoms with E-state index in [4.69, 9.17) is 10.5 Å². The van der Waals surface area contributed by atoms with E-state index < -0.39 is 0 Å². The van der Waals surface area contributed by atoms with E-state index in [0.29, 0.717) is 6.54 Å². The highest BCUT2D eigenvalue weighted by atomic mass is 16.5. The largest absolute Gasteiger partial charge is 0.488 e. The first-order valence-electron chi connectivity index (χ1n) is 6.31. The second-order valence-electron chi connectivity index (χ2n) is 4.59. The monoisotopic (exact) mass is 243 g/mol. The molecule has 0 spiro atoms. The van der Waals surface area contributed by atoms with Gasteiger partial charge in [0.25, 0.3) is 0 Å². The van der Waals surface area contributed by atoms with Crippen LogP contribution in [0.3, 0.4) is 0 Å². The molecule has 1 aromatic carbocycles. The van der Waals surface area contributed by atoms with Crippen LogP contribution in [0.25, 0.3) is 0 Å². The summed E-state index contributed by atoms with van der Waals surface area (Å²) in [5, 5.41) is 0. The molecule has 2 aromatic rings. The number of rotatable bonds is 4. The van der Waals surface area contributed by atoms with E-state index in [9.17, 15) is 0 Å². The number of nitrogens with zero attached hydrogens (tertiary/aromatic N) is 2. The topological polar surface area (TPSA) is 53.1 Å². The molecule has 4 nitrogen and oxygen atoms in total. The Morgan fingerprint density at radius 2 is 2.28 bits per heavy atom. The average Bonchev–Trinajstić information content (AvgIpc) is 2.97. The zero-order valence-electron chi connectivity index (χ0n) is 10.2. The van der Waals surface area contributed by atoms with Crippen molar-refractivity contribution in [2.24, 2.45) is 5.73 Å². The minimum atomic E-state index is 0.202. The van der Waals surface area contributed by atoms with Crippen LogP contribution in [0.4, 0.5) is 0 Å². The van der Waals surface area contributed by atoms with Gasteiger partial charge in [-0.1, -0.05) is 18.2 Å². The molecule has 0 saturated carbocycles. The van der Waals surface area contributed by atoms with Gasteiger partial charge in [0.1, 0.15) is 17.7 Å². The highest BCUT2D eigenvalue weighted by molar-refractivity contribution is 5.37. The van der Waals surface area contributed by atoms with E-state index in [1.54, 1.807) is 0 Å². The van der Waals surface area contributed by atoms with E-state index in [1.807, 2.05) is 24.5 Å². The van der Waals surface area contributed by atoms with E-state index in [0.717, 1.165) is 31.0 Å². The lowest BCUT2D eigenvalue weighted by Crippen LogP contribution is -2.22. The number of nitrogens with two attached hydrogens (primary N) is 1. The predicted octanol–water partition coefficient (Wildman–Crippen LogP) is 1.39. The lowest BCUT2D eigenvalue weighted by molar-refractivity contribution is 0.207. The summed E-state index contributed by atoms with van der Waals surface area (Å²) in [6.45, 7) is 1.47. The van der Waals surface area contributed by atoms with Crippen molar-refractivity contribution < 1.29 is 4.74 Å². The zero-order valence-corrected chi connectivity index (χ0v) is 10.2. The van der Waals surface area contributed by atoms with Gasteiger partial charge < -0.3 is 15.0 Å². The van der Waals surface area contributed by atoms with Gasteiger partial charge in [0.15, 0.2) is 0 Å². The minimum Gasteiger partial charge on any atom is -0.488 e. The predicted molar refractivity (Wildman–Crippen MR) is 69.5 cm³/mol. The molecular formula is C14H17N3O. The molecule has 4 heteroatoms. The van der Waals surface area contributed by atoms with Crippen LogP contribution in [-0.4, -0.2) is 22.2 Å². The van der Waals surface area contributed by atoms with Crippen LogP contribution in [0.5, 0.6) is 5.75 Å². The molecule has 0 radical (unpaired) electrons. The summed E-state index contributed by atoms with van der Waals surface area (Å²) in [6, 6.07) is 8.23. The van der Waals surface area contributed by atoms with Crippen molar-refractivity contribution in [3.05, 3.63) is 48.0 Å². The van der Waals surface area contributed by atoms with Gasteiger partial charge in [-0.2, -0.15) is 0 Å². The van der Waals surface area contributed by atoms with Crippen LogP contribution >= 0.6 is 0 Å². The van der Waals surface area contributed by atoms with Crippen LogP contribution in [0.2, 0.25) is 0 Å². The van der Waals surface area contributed by atoms with Gasteiger partial charge in [0, 0.05) is 25.2 Å². The van der Waals surface area contributed by atoms with Crippen LogP contribution in [0, 0.1) is 0 Å². The second-order valence-corrected chi connectivity index (χ2v) is 4.59. The van der Waals surface area contributed by atoms with Gasteiger partial charge in [-0.25, -0.2) is 4.98 Å². The summed E-state index contributed by atoms with van der Waals surface area (Å²) in [5.74, 6) is 2.06. The SMILES string of the molecule is NCCc1nccn1CC1Cc2ccccc2O1. The first-order chi connectivity index (χ1) is 8.86. The normalized spacial score (nSPS) is 17.5. The number of fused-ring (bicyclic) bond motifs is 1. The molecule has 18 heavy (non-hydrogen) atoms. The van der Waals surface area contributed by atoms with Gasteiger partial charge in [0.2, 0.25) is 0 Å². The molecule has 1 aromatic heterocycles. The number of hydrogen-bond donors (Lipinski definition) is 1. The van der Waals surface area contributed by atoms with E-state index >= 15 is 0 Å². The lowest BCUT2D eigenvalue weighted by atomic mass is 10.1. The second kappa shape index (κ2) is 4.82. The van der Waals surface area contributed by atoms with Crippen molar-refractivity contribution in [1.29, 1.82) is 0 Å². The number of hydrogen-bond acceptors (Lipinski definition) is 3. The molecule has 1 aliphatic heterocycles. The fourth-order valence-electron chi connectivity index (χ4n) is 2.44. The Kier molecular flexibility index (Phi) is 3.02. The highest BCUT2D eigenvalue weighted by Gasteiger charge is 2.23. The van der Waals surface area contributed by atoms with Crippen molar-refractivity contribution in [2.75, 3.05) is 6.54 Å². The molecule has 0 amide bonds. The molecule has 0 fully saturated rings. The van der Waals surface area contributed by atoms with Gasteiger partial charge in [-0.3, -0.25) is 0 Å². The summed E-state index contributed by atoms with van der Waals surface area (Å²) < 4.78 is 8.08. The third kappa shape index (κ3) is 2.11. The van der Waals surface area contributed by atoms with Crippen LogP contribution in [0.15, 0.2) is 36.7 Å². The third-order valence-corrected chi connectivity index (χ3v) is 3.28. The van der Waals surface area contributed by atoms with Crippen molar-refractivity contribution in [1.82, 2.24) is 9.55 Å². The molecule has 94 valence electrons. The standard InChI is InChI=1S/C14H17N3O/c15-6-5-14-16-7-8-17(14)10-12-9-11-3-1-2-4-13(11)18-12/h1-4,7-8,12H,5-6,9-10,15H2. The molecule has 0 aliphatic carbocycles. The molecule has 0 bridgehead atoms. The first-order valence-corrected chi connectivity index (χ1v) is 6.31. The number of benzene rings is 1. The van der Waals surface area contributed by atoms with Gasteiger partial charge in [0.05, 0.1) is 6.54 Å². The number of imidazole rings is 1. The average molecular weight is 243 g/mol. The first kappa shape index (κ1) is 11.3. The Bertz CT molecular complexity index is 510. The molecule has 1 atom stereocenters. The molecule has 0 saturated heterocycles. The fraction of sp³-hybridized carbons (Fsp3) is 0.357. The maximum absolute atomic E-state index is 5.93. The Balaban J connectivity index is 1.70. The number of aromatic nitrogens is 2. The summed E-state index contributed by atoms with van der Waals surface area (Å²) in [6.07, 6.45) is 5.81. The molecule has 2 N–H and O–H groups in total. The molecular weight excluding hydrogens is 226 g/mol. The number of para-hydroxylation sites is 1. The maximum atomic E-state index is 5.93. The zero-order chi connectivity index (χ0) is 12.4. The summed E-state index contributed by atoms with van der Waals surface area (Å²) in [4.78, 5) is 4.32. The number of ether oxygens (including phenoxy) is 1. The maximum Gasteiger partial charge on any atom is 0.123 e. The smallest absolute Gasteiger partial charge is 0.123 e. The van der Waals surface area contributed by atoms with E-state index in [1.165, 1.54) is 5.56 Å². The van der Waals surface area contributed by atoms with Crippen molar-refractivity contribution in [3.8, 4) is 5.75 Å². The summed E-state index contributed by atoms with van der Waals surface area (Å²) >= 11 is 0. The quantitative estimate of drug-likeness (QED) is 0.882. The Morgan fingerprint density at radius 1 is 1.39 bits per heavy atom. The summed E-state index contributed by atoms with van der Waals surface area (Å²) in [7, 11) is 0. The Morgan fingerprint density at radius 3 is 3.11 bits per heavy atom. The molecule has 2 heterocycles. The highest BCUT2D eigenvalue weighted by Crippen LogP contribution is 2.28. The van der Waals surface area contributed by atoms with Crippen molar-refractivity contribution in [2.45, 2.75) is 25.5 Å². The van der Waals surface area contributed by atoms with Gasteiger partial charge in [-0.15, -0.1) is 0 Å². The van der Waals surface area contributed by atoms with Gasteiger partial charge >= 0.3 is 0 Å². The van der Waals surface area contributed by atoms with E-state index in [2.05, 4.69) is 21.7 Å². The fourth-order valence-corrected chi connectivity index (χ4v) is 2.44. The molecule has 1 unspecified atom stereocenters. The Labute approximate surface area is 106 Å². The Hall–Kier alpha value is -1.81. The third-order valence-electron chi connectivity index (χ3n) is 3.28. The van der Waals surface area contributed by atoms with Crippen LogP contribution in [-0.2, 0) is 19.4 Å². The lowest BCUT2D eigenvalue weighted by Gasteiger charge is -2.13. The van der Waals surface area contributed by atoms with E-state index in [-0.39, 0.29) is 6.10 Å². The molecule has 1 aliphatic rings. The summed E-state index contributed by atoms with van der Waals surface area (Å²) in [5.41, 5.74) is 6.88. The van der Waals surface area contributed by atoms with Gasteiger partial charge in [-0.05, 0) is 18.2 Å². The van der Waals surface area contributed by atoms with Crippen LogP contribution in [0.1, 0.15) is 11.4 Å².